The highest BCUT2D eigenvalue weighted by Gasteiger charge is 2.36. The number of hydrogen-bond donors (Lipinski definition) is 2. The first kappa shape index (κ1) is 28.3. The van der Waals surface area contributed by atoms with Gasteiger partial charge in [0.15, 0.2) is 14.0 Å². The van der Waals surface area contributed by atoms with Crippen molar-refractivity contribution in [1.29, 1.82) is 0 Å². The van der Waals surface area contributed by atoms with Crippen LogP contribution < -0.4 is 24.8 Å². The Hall–Kier alpha value is -3.22. The number of carbonyl (C=O) groups is 1. The zero-order chi connectivity index (χ0) is 27.2. The van der Waals surface area contributed by atoms with Gasteiger partial charge in [-0.2, -0.15) is 15.0 Å². The SMILES string of the molecule is COc1nc(NCCO[Si](C)(C)C(C)(C)C)nc(OC)c1NC(=O)c1csc(Oc2ccccc2C)n1. The Labute approximate surface area is 222 Å². The first-order valence-electron chi connectivity index (χ1n) is 11.8. The lowest BCUT2D eigenvalue weighted by Crippen LogP contribution is -2.41. The van der Waals surface area contributed by atoms with Crippen LogP contribution in [0.2, 0.25) is 18.1 Å². The average Bonchev–Trinajstić information content (AvgIpc) is 3.31. The summed E-state index contributed by atoms with van der Waals surface area (Å²) in [7, 11) is 1.06. The maximum absolute atomic E-state index is 12.9. The Morgan fingerprint density at radius 2 is 1.70 bits per heavy atom. The number of para-hydroxylation sites is 1. The molecule has 1 aromatic carbocycles. The molecule has 12 heteroatoms. The maximum Gasteiger partial charge on any atom is 0.279 e. The van der Waals surface area contributed by atoms with E-state index in [1.807, 2.05) is 31.2 Å². The fourth-order valence-corrected chi connectivity index (χ4v) is 4.65. The van der Waals surface area contributed by atoms with E-state index >= 15 is 0 Å². The minimum atomic E-state index is -1.85. The molecule has 0 aliphatic heterocycles. The predicted molar refractivity (Wildman–Crippen MR) is 148 cm³/mol. The summed E-state index contributed by atoms with van der Waals surface area (Å²) in [5.41, 5.74) is 1.35. The van der Waals surface area contributed by atoms with E-state index in [1.165, 1.54) is 25.6 Å². The largest absolute Gasteiger partial charge is 0.479 e. The molecule has 3 rings (SSSR count). The number of hydrogen-bond acceptors (Lipinski definition) is 10. The van der Waals surface area contributed by atoms with Gasteiger partial charge in [0.25, 0.3) is 11.1 Å². The first-order chi connectivity index (χ1) is 17.4. The van der Waals surface area contributed by atoms with E-state index in [9.17, 15) is 4.79 Å². The number of carbonyl (C=O) groups excluding carboxylic acids is 1. The topological polar surface area (TPSA) is 117 Å². The number of rotatable bonds is 11. The van der Waals surface area contributed by atoms with Crippen LogP contribution in [0.15, 0.2) is 29.6 Å². The zero-order valence-electron chi connectivity index (χ0n) is 22.6. The van der Waals surface area contributed by atoms with Crippen LogP contribution in [0.4, 0.5) is 11.6 Å². The molecule has 0 aliphatic carbocycles. The summed E-state index contributed by atoms with van der Waals surface area (Å²) in [5, 5.41) is 7.97. The van der Waals surface area contributed by atoms with Gasteiger partial charge in [-0.3, -0.25) is 4.79 Å². The van der Waals surface area contributed by atoms with Crippen molar-refractivity contribution < 1.29 is 23.4 Å². The molecular weight excluding hydrogens is 510 g/mol. The molecule has 2 aromatic heterocycles. The first-order valence-corrected chi connectivity index (χ1v) is 15.6. The van der Waals surface area contributed by atoms with Gasteiger partial charge in [-0.15, -0.1) is 0 Å². The van der Waals surface area contributed by atoms with Crippen molar-refractivity contribution in [3.63, 3.8) is 0 Å². The second-order valence-corrected chi connectivity index (χ2v) is 15.4. The Balaban J connectivity index is 1.68. The molecular formula is C25H35N5O5SSi. The lowest BCUT2D eigenvalue weighted by Gasteiger charge is -2.36. The van der Waals surface area contributed by atoms with E-state index < -0.39 is 14.2 Å². The molecule has 0 spiro atoms. The molecule has 0 aliphatic rings. The van der Waals surface area contributed by atoms with E-state index in [4.69, 9.17) is 18.6 Å². The van der Waals surface area contributed by atoms with E-state index in [0.29, 0.717) is 30.0 Å². The minimum absolute atomic E-state index is 0.125. The number of aromatic nitrogens is 3. The number of amides is 1. The summed E-state index contributed by atoms with van der Waals surface area (Å²) in [5.74, 6) is 0.810. The van der Waals surface area contributed by atoms with E-state index in [1.54, 1.807) is 5.38 Å². The zero-order valence-corrected chi connectivity index (χ0v) is 24.4. The highest BCUT2D eigenvalue weighted by atomic mass is 32.1. The molecule has 3 aromatic rings. The van der Waals surface area contributed by atoms with E-state index in [2.05, 4.69) is 59.5 Å². The Bertz CT molecular complexity index is 1200. The standard InChI is InChI=1S/C25H35N5O5SSi/c1-16-11-9-10-12-18(16)35-24-27-17(15-36-24)20(31)28-19-21(32-5)29-23(30-22(19)33-6)26-13-14-34-37(7,8)25(2,3)4/h9-12,15H,13-14H2,1-8H3,(H,28,31)(H,26,29,30). The van der Waals surface area contributed by atoms with Crippen LogP contribution in [0.25, 0.3) is 0 Å². The third kappa shape index (κ3) is 7.18. The molecule has 0 saturated carbocycles. The predicted octanol–water partition coefficient (Wildman–Crippen LogP) is 5.74. The van der Waals surface area contributed by atoms with Crippen LogP contribution in [-0.2, 0) is 4.43 Å². The molecule has 0 bridgehead atoms. The third-order valence-corrected chi connectivity index (χ3v) is 11.4. The van der Waals surface area contributed by atoms with Crippen molar-refractivity contribution in [3.05, 3.63) is 40.9 Å². The summed E-state index contributed by atoms with van der Waals surface area (Å²) in [6, 6.07) is 7.59. The number of thiazole rings is 1. The number of nitrogens with zero attached hydrogens (tertiary/aromatic N) is 3. The van der Waals surface area contributed by atoms with Crippen molar-refractivity contribution in [2.45, 2.75) is 45.8 Å². The Morgan fingerprint density at radius 3 is 2.30 bits per heavy atom. The Kier molecular flexibility index (Phi) is 9.10. The fraction of sp³-hybridized carbons (Fsp3) is 0.440. The molecule has 0 unspecified atom stereocenters. The molecule has 2 N–H and O–H groups in total. The molecule has 10 nitrogen and oxygen atoms in total. The van der Waals surface area contributed by atoms with Crippen molar-refractivity contribution in [2.24, 2.45) is 0 Å². The molecule has 0 fully saturated rings. The van der Waals surface area contributed by atoms with Gasteiger partial charge in [-0.1, -0.05) is 50.3 Å². The number of aryl methyl sites for hydroxylation is 1. The molecule has 2 heterocycles. The number of methoxy groups -OCH3 is 2. The van der Waals surface area contributed by atoms with Gasteiger partial charge in [0.2, 0.25) is 17.7 Å². The molecule has 1 amide bonds. The minimum Gasteiger partial charge on any atom is -0.479 e. The highest BCUT2D eigenvalue weighted by Crippen LogP contribution is 2.37. The molecule has 0 atom stereocenters. The van der Waals surface area contributed by atoms with Crippen LogP contribution in [0.3, 0.4) is 0 Å². The lowest BCUT2D eigenvalue weighted by atomic mass is 10.2. The summed E-state index contributed by atoms with van der Waals surface area (Å²) in [6.07, 6.45) is 0. The van der Waals surface area contributed by atoms with Gasteiger partial charge < -0.3 is 29.3 Å². The van der Waals surface area contributed by atoms with Crippen LogP contribution in [0.1, 0.15) is 36.8 Å². The average molecular weight is 546 g/mol. The molecule has 37 heavy (non-hydrogen) atoms. The number of nitrogens with one attached hydrogen (secondary N) is 2. The molecule has 200 valence electrons. The Morgan fingerprint density at radius 1 is 1.05 bits per heavy atom. The van der Waals surface area contributed by atoms with E-state index in [-0.39, 0.29) is 28.2 Å². The summed E-state index contributed by atoms with van der Waals surface area (Å²) in [6.45, 7) is 14.0. The normalized spacial score (nSPS) is 11.7. The number of ether oxygens (including phenoxy) is 3. The van der Waals surface area contributed by atoms with E-state index in [0.717, 1.165) is 5.56 Å². The number of benzene rings is 1. The van der Waals surface area contributed by atoms with Crippen LogP contribution in [0, 0.1) is 6.92 Å². The van der Waals surface area contributed by atoms with Gasteiger partial charge in [0, 0.05) is 11.9 Å². The molecule has 0 saturated heterocycles. The summed E-state index contributed by atoms with van der Waals surface area (Å²) < 4.78 is 22.8. The van der Waals surface area contributed by atoms with Gasteiger partial charge in [-0.05, 0) is 36.7 Å². The summed E-state index contributed by atoms with van der Waals surface area (Å²) in [4.78, 5) is 26.0. The van der Waals surface area contributed by atoms with Gasteiger partial charge in [0.05, 0.1) is 20.8 Å². The molecule has 0 radical (unpaired) electrons. The number of anilines is 2. The summed E-state index contributed by atoms with van der Waals surface area (Å²) >= 11 is 1.22. The smallest absolute Gasteiger partial charge is 0.279 e. The maximum atomic E-state index is 12.9. The fourth-order valence-electron chi connectivity index (χ4n) is 2.94. The third-order valence-electron chi connectivity index (χ3n) is 6.13. The van der Waals surface area contributed by atoms with Crippen molar-refractivity contribution in [3.8, 4) is 22.7 Å². The highest BCUT2D eigenvalue weighted by molar-refractivity contribution is 7.11. The monoisotopic (exact) mass is 545 g/mol. The van der Waals surface area contributed by atoms with Gasteiger partial charge in [-0.25, -0.2) is 0 Å². The van der Waals surface area contributed by atoms with Crippen molar-refractivity contribution in [2.75, 3.05) is 38.0 Å². The van der Waals surface area contributed by atoms with Crippen LogP contribution >= 0.6 is 11.3 Å². The lowest BCUT2D eigenvalue weighted by molar-refractivity contribution is 0.102. The quantitative estimate of drug-likeness (QED) is 0.230. The van der Waals surface area contributed by atoms with Gasteiger partial charge >= 0.3 is 0 Å². The van der Waals surface area contributed by atoms with Gasteiger partial charge in [0.1, 0.15) is 11.4 Å². The second-order valence-electron chi connectivity index (χ2n) is 9.80. The van der Waals surface area contributed by atoms with Crippen LogP contribution in [0.5, 0.6) is 22.7 Å². The van der Waals surface area contributed by atoms with Crippen molar-refractivity contribution >= 4 is 37.2 Å². The van der Waals surface area contributed by atoms with Crippen molar-refractivity contribution in [1.82, 2.24) is 15.0 Å². The van der Waals surface area contributed by atoms with Crippen LogP contribution in [-0.4, -0.2) is 56.5 Å². The second kappa shape index (κ2) is 11.9.